The lowest BCUT2D eigenvalue weighted by Crippen LogP contribution is -2.01. The molecule has 1 unspecified atom stereocenters. The number of Topliss-reactive ketones (excluding diaryl/α,β-unsaturated/α-hetero) is 1. The molecule has 0 radical (unpaired) electrons. The van der Waals surface area contributed by atoms with Gasteiger partial charge < -0.3 is 4.79 Å². The zero-order chi connectivity index (χ0) is 12.8. The van der Waals surface area contributed by atoms with Crippen LogP contribution in [0.15, 0.2) is 24.3 Å². The Morgan fingerprint density at radius 1 is 1.12 bits per heavy atom. The number of ketones is 1. The summed E-state index contributed by atoms with van der Waals surface area (Å²) in [6.07, 6.45) is 2.78. The van der Waals surface area contributed by atoms with Crippen LogP contribution in [-0.4, -0.2) is 5.78 Å². The first kappa shape index (κ1) is 14.0. The minimum absolute atomic E-state index is 0.294. The van der Waals surface area contributed by atoms with Crippen molar-refractivity contribution in [3.05, 3.63) is 35.4 Å². The molecule has 0 spiro atoms. The average Bonchev–Trinajstić information content (AvgIpc) is 2.30. The quantitative estimate of drug-likeness (QED) is 0.696. The van der Waals surface area contributed by atoms with Crippen molar-refractivity contribution in [2.24, 2.45) is 0 Å². The van der Waals surface area contributed by atoms with E-state index in [-0.39, 0.29) is 0 Å². The molecule has 0 heterocycles. The zero-order valence-corrected chi connectivity index (χ0v) is 11.5. The molecule has 0 aliphatic rings. The van der Waals surface area contributed by atoms with E-state index in [1.54, 1.807) is 6.92 Å². The highest BCUT2D eigenvalue weighted by molar-refractivity contribution is 5.75. The van der Waals surface area contributed by atoms with Gasteiger partial charge in [0.05, 0.1) is 0 Å². The fourth-order valence-electron chi connectivity index (χ4n) is 2.14. The standard InChI is InChI=1S/C16H24O/c1-5-14(7-6-13(4)17)16-10-8-15(9-11-16)12(2)3/h8-12,14H,5-7H2,1-4H3. The first-order valence-corrected chi connectivity index (χ1v) is 6.63. The summed E-state index contributed by atoms with van der Waals surface area (Å²) in [5.74, 6) is 1.41. The molecule has 0 bridgehead atoms. The fraction of sp³-hybridized carbons (Fsp3) is 0.562. The third kappa shape index (κ3) is 4.33. The Morgan fingerprint density at radius 2 is 1.65 bits per heavy atom. The van der Waals surface area contributed by atoms with Crippen LogP contribution in [0.25, 0.3) is 0 Å². The van der Waals surface area contributed by atoms with Gasteiger partial charge in [0.2, 0.25) is 0 Å². The number of hydrogen-bond donors (Lipinski definition) is 0. The highest BCUT2D eigenvalue weighted by atomic mass is 16.1. The summed E-state index contributed by atoms with van der Waals surface area (Å²) in [6, 6.07) is 8.89. The lowest BCUT2D eigenvalue weighted by Gasteiger charge is -2.15. The second-order valence-electron chi connectivity index (χ2n) is 5.17. The number of carbonyl (C=O) groups is 1. The molecule has 1 nitrogen and oxygen atoms in total. The molecule has 0 aromatic heterocycles. The van der Waals surface area contributed by atoms with Gasteiger partial charge in [-0.05, 0) is 42.7 Å². The summed E-state index contributed by atoms with van der Waals surface area (Å²) in [5, 5.41) is 0. The van der Waals surface area contributed by atoms with Crippen LogP contribution in [0.2, 0.25) is 0 Å². The molecule has 0 amide bonds. The van der Waals surface area contributed by atoms with Crippen molar-refractivity contribution in [1.82, 2.24) is 0 Å². The minimum Gasteiger partial charge on any atom is -0.300 e. The second kappa shape index (κ2) is 6.58. The van der Waals surface area contributed by atoms with Crippen LogP contribution in [0.5, 0.6) is 0 Å². The SMILES string of the molecule is CCC(CCC(C)=O)c1ccc(C(C)C)cc1. The zero-order valence-electron chi connectivity index (χ0n) is 11.5. The molecule has 1 atom stereocenters. The summed E-state index contributed by atoms with van der Waals surface area (Å²) in [6.45, 7) is 8.29. The van der Waals surface area contributed by atoms with Gasteiger partial charge in [-0.25, -0.2) is 0 Å². The van der Waals surface area contributed by atoms with Crippen LogP contribution in [-0.2, 0) is 4.79 Å². The third-order valence-corrected chi connectivity index (χ3v) is 3.41. The van der Waals surface area contributed by atoms with Crippen molar-refractivity contribution in [1.29, 1.82) is 0 Å². The van der Waals surface area contributed by atoms with E-state index in [1.165, 1.54) is 11.1 Å². The molecule has 1 aromatic carbocycles. The fourth-order valence-corrected chi connectivity index (χ4v) is 2.14. The highest BCUT2D eigenvalue weighted by Gasteiger charge is 2.10. The van der Waals surface area contributed by atoms with E-state index in [0.717, 1.165) is 12.8 Å². The largest absolute Gasteiger partial charge is 0.300 e. The maximum Gasteiger partial charge on any atom is 0.129 e. The van der Waals surface area contributed by atoms with Gasteiger partial charge in [0, 0.05) is 6.42 Å². The molecule has 1 rings (SSSR count). The molecule has 17 heavy (non-hydrogen) atoms. The molecule has 0 aliphatic carbocycles. The van der Waals surface area contributed by atoms with E-state index in [1.807, 2.05) is 0 Å². The average molecular weight is 232 g/mol. The van der Waals surface area contributed by atoms with Gasteiger partial charge in [0.1, 0.15) is 5.78 Å². The molecule has 0 aliphatic heterocycles. The Kier molecular flexibility index (Phi) is 5.40. The van der Waals surface area contributed by atoms with E-state index in [9.17, 15) is 4.79 Å². The Labute approximate surface area is 105 Å². The van der Waals surface area contributed by atoms with Crippen LogP contribution in [0.1, 0.15) is 69.9 Å². The van der Waals surface area contributed by atoms with Crippen molar-refractivity contribution in [2.75, 3.05) is 0 Å². The van der Waals surface area contributed by atoms with Crippen LogP contribution < -0.4 is 0 Å². The van der Waals surface area contributed by atoms with Gasteiger partial charge in [-0.1, -0.05) is 45.0 Å². The minimum atomic E-state index is 0.294. The van der Waals surface area contributed by atoms with Crippen molar-refractivity contribution in [3.63, 3.8) is 0 Å². The first-order chi connectivity index (χ1) is 8.04. The summed E-state index contributed by atoms with van der Waals surface area (Å²) < 4.78 is 0. The van der Waals surface area contributed by atoms with E-state index >= 15 is 0 Å². The molecule has 94 valence electrons. The number of rotatable bonds is 6. The maximum atomic E-state index is 11.0. The van der Waals surface area contributed by atoms with E-state index in [2.05, 4.69) is 45.0 Å². The number of benzene rings is 1. The lowest BCUT2D eigenvalue weighted by atomic mass is 9.89. The van der Waals surface area contributed by atoms with Crippen molar-refractivity contribution >= 4 is 5.78 Å². The van der Waals surface area contributed by atoms with Crippen LogP contribution in [0, 0.1) is 0 Å². The first-order valence-electron chi connectivity index (χ1n) is 6.63. The van der Waals surface area contributed by atoms with Crippen molar-refractivity contribution in [2.45, 2.75) is 58.8 Å². The van der Waals surface area contributed by atoms with Gasteiger partial charge >= 0.3 is 0 Å². The topological polar surface area (TPSA) is 17.1 Å². The normalized spacial score (nSPS) is 12.8. The Hall–Kier alpha value is -1.11. The summed E-state index contributed by atoms with van der Waals surface area (Å²) in [4.78, 5) is 11.0. The van der Waals surface area contributed by atoms with Gasteiger partial charge in [-0.3, -0.25) is 0 Å². The van der Waals surface area contributed by atoms with Gasteiger partial charge in [0.25, 0.3) is 0 Å². The Bertz CT molecular complexity index is 348. The number of carbonyl (C=O) groups excluding carboxylic acids is 1. The lowest BCUT2D eigenvalue weighted by molar-refractivity contribution is -0.117. The van der Waals surface area contributed by atoms with Crippen LogP contribution in [0.3, 0.4) is 0 Å². The highest BCUT2D eigenvalue weighted by Crippen LogP contribution is 2.26. The van der Waals surface area contributed by atoms with Crippen LogP contribution >= 0.6 is 0 Å². The predicted octanol–water partition coefficient (Wildman–Crippen LogP) is 4.67. The molecular weight excluding hydrogens is 208 g/mol. The van der Waals surface area contributed by atoms with E-state index in [4.69, 9.17) is 0 Å². The third-order valence-electron chi connectivity index (χ3n) is 3.41. The monoisotopic (exact) mass is 232 g/mol. The molecule has 0 fully saturated rings. The van der Waals surface area contributed by atoms with Crippen molar-refractivity contribution < 1.29 is 4.79 Å². The molecular formula is C16H24O. The Morgan fingerprint density at radius 3 is 2.06 bits per heavy atom. The van der Waals surface area contributed by atoms with Gasteiger partial charge in [0.15, 0.2) is 0 Å². The smallest absolute Gasteiger partial charge is 0.129 e. The van der Waals surface area contributed by atoms with E-state index in [0.29, 0.717) is 24.0 Å². The summed E-state index contributed by atoms with van der Waals surface area (Å²) >= 11 is 0. The molecule has 0 saturated heterocycles. The van der Waals surface area contributed by atoms with Crippen LogP contribution in [0.4, 0.5) is 0 Å². The van der Waals surface area contributed by atoms with E-state index < -0.39 is 0 Å². The molecule has 0 saturated carbocycles. The second-order valence-corrected chi connectivity index (χ2v) is 5.17. The van der Waals surface area contributed by atoms with Gasteiger partial charge in [-0.2, -0.15) is 0 Å². The summed E-state index contributed by atoms with van der Waals surface area (Å²) in [7, 11) is 0. The van der Waals surface area contributed by atoms with Gasteiger partial charge in [-0.15, -0.1) is 0 Å². The Balaban J connectivity index is 2.71. The molecule has 1 heteroatoms. The maximum absolute atomic E-state index is 11.0. The predicted molar refractivity (Wildman–Crippen MR) is 73.5 cm³/mol. The molecule has 0 N–H and O–H groups in total. The molecule has 1 aromatic rings. The summed E-state index contributed by atoms with van der Waals surface area (Å²) in [5.41, 5.74) is 2.76. The van der Waals surface area contributed by atoms with Crippen molar-refractivity contribution in [3.8, 4) is 0 Å². The number of hydrogen-bond acceptors (Lipinski definition) is 1.